The molecule has 2 atom stereocenters. The maximum Gasteiger partial charge on any atom is 0.157 e. The summed E-state index contributed by atoms with van der Waals surface area (Å²) in [4.78, 5) is 0. The van der Waals surface area contributed by atoms with E-state index in [1.165, 1.54) is 12.1 Å². The van der Waals surface area contributed by atoms with Crippen molar-refractivity contribution in [1.82, 2.24) is 0 Å². The van der Waals surface area contributed by atoms with Crippen LogP contribution in [0, 0.1) is 5.92 Å². The van der Waals surface area contributed by atoms with Crippen molar-refractivity contribution in [3.63, 3.8) is 0 Å². The lowest BCUT2D eigenvalue weighted by Gasteiger charge is -2.24. The number of nitrogens with two attached hydrogens (primary N) is 1. The van der Waals surface area contributed by atoms with Gasteiger partial charge in [0.05, 0.1) is 12.1 Å². The quantitative estimate of drug-likeness (QED) is 0.635. The molecule has 0 bridgehead atoms. The Morgan fingerprint density at radius 3 is 2.28 bits per heavy atom. The van der Waals surface area contributed by atoms with Gasteiger partial charge >= 0.3 is 0 Å². The van der Waals surface area contributed by atoms with Crippen molar-refractivity contribution in [2.75, 3.05) is 0 Å². The van der Waals surface area contributed by atoms with Crippen LogP contribution in [-0.2, 0) is 0 Å². The summed E-state index contributed by atoms with van der Waals surface area (Å²) in [6.45, 7) is 0. The van der Waals surface area contributed by atoms with E-state index in [1.54, 1.807) is 6.07 Å². The second-order valence-electron chi connectivity index (χ2n) is 4.81. The van der Waals surface area contributed by atoms with Gasteiger partial charge in [-0.2, -0.15) is 0 Å². The fourth-order valence-corrected chi connectivity index (χ4v) is 2.54. The molecule has 0 amide bonds. The van der Waals surface area contributed by atoms with Gasteiger partial charge in [0.2, 0.25) is 0 Å². The van der Waals surface area contributed by atoms with Crippen LogP contribution in [0.4, 0.5) is 0 Å². The lowest BCUT2D eigenvalue weighted by Crippen LogP contribution is -2.31. The topological polar surface area (TPSA) is 86.7 Å². The summed E-state index contributed by atoms with van der Waals surface area (Å²) in [6.07, 6.45) is 3.74. The summed E-state index contributed by atoms with van der Waals surface area (Å²) in [6, 6.07) is 3.94. The first kappa shape index (κ1) is 15.1. The fraction of sp³-hybridized carbons (Fsp3) is 0.538. The zero-order valence-corrected chi connectivity index (χ0v) is 10.9. The van der Waals surface area contributed by atoms with Gasteiger partial charge in [-0.15, -0.1) is 12.4 Å². The van der Waals surface area contributed by atoms with Crippen molar-refractivity contribution in [3.8, 4) is 11.5 Å². The number of aromatic hydroxyl groups is 2. The summed E-state index contributed by atoms with van der Waals surface area (Å²) in [5.41, 5.74) is 6.65. The normalized spacial score (nSPS) is 19.2. The van der Waals surface area contributed by atoms with Crippen molar-refractivity contribution < 1.29 is 15.3 Å². The Balaban J connectivity index is 0.00000162. The van der Waals surface area contributed by atoms with Gasteiger partial charge in [0.15, 0.2) is 11.5 Å². The molecular formula is C13H20ClNO3. The van der Waals surface area contributed by atoms with E-state index in [0.29, 0.717) is 5.56 Å². The van der Waals surface area contributed by atoms with E-state index < -0.39 is 12.1 Å². The molecule has 0 aliphatic heterocycles. The van der Waals surface area contributed by atoms with Gasteiger partial charge in [0, 0.05) is 0 Å². The third-order valence-electron chi connectivity index (χ3n) is 3.64. The molecule has 1 aliphatic carbocycles. The smallest absolute Gasteiger partial charge is 0.157 e. The summed E-state index contributed by atoms with van der Waals surface area (Å²) >= 11 is 0. The summed E-state index contributed by atoms with van der Waals surface area (Å²) < 4.78 is 0. The minimum absolute atomic E-state index is 0. The van der Waals surface area contributed by atoms with E-state index in [1.807, 2.05) is 0 Å². The fourth-order valence-electron chi connectivity index (χ4n) is 2.54. The van der Waals surface area contributed by atoms with Gasteiger partial charge in [-0.05, 0) is 36.5 Å². The second kappa shape index (κ2) is 6.27. The number of halogens is 1. The molecule has 0 unspecified atom stereocenters. The Morgan fingerprint density at radius 2 is 1.72 bits per heavy atom. The minimum atomic E-state index is -0.582. The van der Waals surface area contributed by atoms with Gasteiger partial charge in [-0.25, -0.2) is 0 Å². The molecule has 0 radical (unpaired) electrons. The Morgan fingerprint density at radius 1 is 1.11 bits per heavy atom. The minimum Gasteiger partial charge on any atom is -0.504 e. The van der Waals surface area contributed by atoms with Crippen LogP contribution in [0.3, 0.4) is 0 Å². The predicted octanol–water partition coefficient (Wildman–Crippen LogP) is 2.07. The molecule has 5 N–H and O–H groups in total. The third-order valence-corrected chi connectivity index (χ3v) is 3.64. The summed E-state index contributed by atoms with van der Waals surface area (Å²) in [5.74, 6) is -0.117. The van der Waals surface area contributed by atoms with Crippen LogP contribution in [-0.4, -0.2) is 21.4 Å². The highest BCUT2D eigenvalue weighted by atomic mass is 35.5. The van der Waals surface area contributed by atoms with E-state index in [2.05, 4.69) is 0 Å². The lowest BCUT2D eigenvalue weighted by atomic mass is 9.91. The Bertz CT molecular complexity index is 394. The number of phenols is 2. The highest BCUT2D eigenvalue weighted by molar-refractivity contribution is 5.85. The zero-order valence-electron chi connectivity index (χ0n) is 10.1. The highest BCUT2D eigenvalue weighted by Crippen LogP contribution is 2.34. The summed E-state index contributed by atoms with van der Waals surface area (Å²) in [5, 5.41) is 28.8. The number of rotatable bonds is 3. The molecule has 0 saturated heterocycles. The van der Waals surface area contributed by atoms with Crippen molar-refractivity contribution in [2.45, 2.75) is 37.8 Å². The number of aliphatic hydroxyl groups is 1. The summed E-state index contributed by atoms with van der Waals surface area (Å²) in [7, 11) is 0. The molecule has 0 aromatic heterocycles. The molecule has 1 aromatic carbocycles. The van der Waals surface area contributed by atoms with Gasteiger partial charge in [0.25, 0.3) is 0 Å². The molecule has 1 saturated carbocycles. The molecule has 18 heavy (non-hydrogen) atoms. The highest BCUT2D eigenvalue weighted by Gasteiger charge is 2.28. The van der Waals surface area contributed by atoms with E-state index in [0.717, 1.165) is 25.7 Å². The van der Waals surface area contributed by atoms with Crippen LogP contribution in [0.15, 0.2) is 18.2 Å². The van der Waals surface area contributed by atoms with Crippen molar-refractivity contribution in [1.29, 1.82) is 0 Å². The van der Waals surface area contributed by atoms with Crippen molar-refractivity contribution in [2.24, 2.45) is 11.7 Å². The number of hydrogen-bond acceptors (Lipinski definition) is 4. The molecule has 1 aliphatic rings. The lowest BCUT2D eigenvalue weighted by molar-refractivity contribution is 0.0844. The molecule has 4 nitrogen and oxygen atoms in total. The Kier molecular flexibility index (Phi) is 5.26. The van der Waals surface area contributed by atoms with Crippen LogP contribution in [0.2, 0.25) is 0 Å². The molecule has 5 heteroatoms. The largest absolute Gasteiger partial charge is 0.504 e. The van der Waals surface area contributed by atoms with E-state index >= 15 is 0 Å². The standard InChI is InChI=1S/C13H19NO3.ClH/c14-12(13(17)8-3-1-2-4-8)9-5-6-10(15)11(16)7-9;/h5-8,12-13,15-17H,1-4,14H2;1H/t12-,13+;/m1./s1. The molecule has 1 fully saturated rings. The molecule has 0 heterocycles. The van der Waals surface area contributed by atoms with Gasteiger partial charge in [-0.1, -0.05) is 18.9 Å². The number of hydrogen-bond donors (Lipinski definition) is 4. The van der Waals surface area contributed by atoms with Crippen LogP contribution in [0.5, 0.6) is 11.5 Å². The SMILES string of the molecule is Cl.N[C@H](c1ccc(O)c(O)c1)[C@@H](O)C1CCCC1. The number of phenolic OH excluding ortho intramolecular Hbond substituents is 2. The zero-order chi connectivity index (χ0) is 12.4. The first-order valence-corrected chi connectivity index (χ1v) is 6.05. The van der Waals surface area contributed by atoms with Crippen LogP contribution in [0.1, 0.15) is 37.3 Å². The van der Waals surface area contributed by atoms with Crippen LogP contribution < -0.4 is 5.73 Å². The molecule has 102 valence electrons. The van der Waals surface area contributed by atoms with Crippen molar-refractivity contribution in [3.05, 3.63) is 23.8 Å². The molecular weight excluding hydrogens is 254 g/mol. The number of aliphatic hydroxyl groups excluding tert-OH is 1. The first-order valence-electron chi connectivity index (χ1n) is 6.05. The maximum absolute atomic E-state index is 10.2. The molecule has 1 aromatic rings. The van der Waals surface area contributed by atoms with Crippen molar-refractivity contribution >= 4 is 12.4 Å². The maximum atomic E-state index is 10.2. The second-order valence-corrected chi connectivity index (χ2v) is 4.81. The van der Waals surface area contributed by atoms with Crippen LogP contribution >= 0.6 is 12.4 Å². The first-order chi connectivity index (χ1) is 8.09. The predicted molar refractivity (Wildman–Crippen MR) is 71.9 cm³/mol. The van der Waals surface area contributed by atoms with Gasteiger partial charge in [-0.3, -0.25) is 0 Å². The van der Waals surface area contributed by atoms with Gasteiger partial charge < -0.3 is 21.1 Å². The third kappa shape index (κ3) is 3.07. The van der Waals surface area contributed by atoms with E-state index in [9.17, 15) is 15.3 Å². The average Bonchev–Trinajstić information content (AvgIpc) is 2.84. The van der Waals surface area contributed by atoms with Crippen LogP contribution in [0.25, 0.3) is 0 Å². The Hall–Kier alpha value is -0.970. The van der Waals surface area contributed by atoms with Gasteiger partial charge in [0.1, 0.15) is 0 Å². The average molecular weight is 274 g/mol. The monoisotopic (exact) mass is 273 g/mol. The van der Waals surface area contributed by atoms with E-state index in [-0.39, 0.29) is 29.8 Å². The van der Waals surface area contributed by atoms with E-state index in [4.69, 9.17) is 5.73 Å². The molecule has 2 rings (SSSR count). The Labute approximate surface area is 113 Å². The molecule has 0 spiro atoms. The number of benzene rings is 1.